The molecule has 0 fully saturated rings. The van der Waals surface area contributed by atoms with E-state index >= 15 is 0 Å². The molecule has 0 aliphatic rings. The molecule has 0 aliphatic heterocycles. The Morgan fingerprint density at radius 3 is 1.57 bits per heavy atom. The van der Waals surface area contributed by atoms with Gasteiger partial charge in [-0.1, -0.05) is 23.8 Å². The Kier molecular flexibility index (Phi) is 24.2. The van der Waals surface area contributed by atoms with Gasteiger partial charge in [0.25, 0.3) is 0 Å². The number of hydrogen-bond acceptors (Lipinski definition) is 0. The normalized spacial score (nSPS) is 7.29. The smallest absolute Gasteiger partial charge is 0.0000330 e. The summed E-state index contributed by atoms with van der Waals surface area (Å²) in [5.41, 5.74) is 1.47. The van der Waals surface area contributed by atoms with Gasteiger partial charge in [0.15, 0.2) is 0 Å². The molecular formula is C6H11Cl. The Morgan fingerprint density at radius 1 is 1.43 bits per heavy atom. The van der Waals surface area contributed by atoms with E-state index in [1.165, 1.54) is 5.54 Å². The highest BCUT2D eigenvalue weighted by Gasteiger charge is 1.37. The summed E-state index contributed by atoms with van der Waals surface area (Å²) >= 11 is 5.01. The minimum atomic E-state index is 1.47. The number of allylic oxidation sites excluding steroid dienone is 2. The zero-order chi connectivity index (χ0) is 6.12. The van der Waals surface area contributed by atoms with Crippen LogP contribution in [0.15, 0.2) is 24.3 Å². The molecule has 0 spiro atoms. The second kappa shape index (κ2) is 17.1. The van der Waals surface area contributed by atoms with Gasteiger partial charge in [-0.3, -0.25) is 0 Å². The molecule has 0 rings (SSSR count). The Bertz CT molecular complexity index is 42.1. The fourth-order valence-electron chi connectivity index (χ4n) is 0. The Morgan fingerprint density at radius 2 is 1.57 bits per heavy atom. The molecule has 0 nitrogen and oxygen atoms in total. The van der Waals surface area contributed by atoms with Crippen LogP contribution in [0, 0.1) is 0 Å². The van der Waals surface area contributed by atoms with Gasteiger partial charge in [0, 0.05) is 0 Å². The van der Waals surface area contributed by atoms with Gasteiger partial charge in [-0.05, 0) is 19.4 Å². The summed E-state index contributed by atoms with van der Waals surface area (Å²) in [6, 6.07) is 0. The number of rotatable bonds is 0. The Hall–Kier alpha value is -0.230. The molecule has 0 N–H and O–H groups in total. The van der Waals surface area contributed by atoms with Crippen LogP contribution in [0.3, 0.4) is 0 Å². The zero-order valence-electron chi connectivity index (χ0n) is 4.82. The third-order valence-electron chi connectivity index (χ3n) is 0.126. The van der Waals surface area contributed by atoms with E-state index in [0.29, 0.717) is 0 Å². The van der Waals surface area contributed by atoms with Crippen LogP contribution >= 0.6 is 11.6 Å². The van der Waals surface area contributed by atoms with Crippen LogP contribution in [0.25, 0.3) is 0 Å². The van der Waals surface area contributed by atoms with Crippen LogP contribution in [0.4, 0.5) is 0 Å². The van der Waals surface area contributed by atoms with Crippen molar-refractivity contribution in [2.45, 2.75) is 13.8 Å². The first-order valence-corrected chi connectivity index (χ1v) is 2.55. The van der Waals surface area contributed by atoms with E-state index in [1.807, 2.05) is 13.8 Å². The highest BCUT2D eigenvalue weighted by atomic mass is 35.5. The van der Waals surface area contributed by atoms with Crippen LogP contribution in [-0.4, -0.2) is 0 Å². The van der Waals surface area contributed by atoms with Gasteiger partial charge in [0.1, 0.15) is 0 Å². The quantitative estimate of drug-likeness (QED) is 0.429. The highest BCUT2D eigenvalue weighted by Crippen LogP contribution is 1.70. The fraction of sp³-hybridized carbons (Fsp3) is 0.333. The lowest BCUT2D eigenvalue weighted by Gasteiger charge is -1.46. The van der Waals surface area contributed by atoms with Crippen molar-refractivity contribution >= 4 is 11.6 Å². The van der Waals surface area contributed by atoms with Crippen LogP contribution in [0.2, 0.25) is 0 Å². The second-order valence-corrected chi connectivity index (χ2v) is 1.12. The maximum atomic E-state index is 5.01. The van der Waals surface area contributed by atoms with E-state index in [9.17, 15) is 0 Å². The Balaban J connectivity index is 0. The summed E-state index contributed by atoms with van der Waals surface area (Å²) in [4.78, 5) is 0. The summed E-state index contributed by atoms with van der Waals surface area (Å²) in [7, 11) is 0. The molecule has 0 saturated carbocycles. The molecule has 0 aliphatic carbocycles. The van der Waals surface area contributed by atoms with E-state index in [4.69, 9.17) is 11.6 Å². The van der Waals surface area contributed by atoms with Gasteiger partial charge < -0.3 is 0 Å². The summed E-state index contributed by atoms with van der Waals surface area (Å²) in [6.07, 6.45) is 3.52. The van der Waals surface area contributed by atoms with E-state index in [-0.39, 0.29) is 0 Å². The topological polar surface area (TPSA) is 0 Å². The average molecular weight is 119 g/mol. The van der Waals surface area contributed by atoms with Gasteiger partial charge in [-0.25, -0.2) is 0 Å². The molecule has 0 unspecified atom stereocenters. The zero-order valence-corrected chi connectivity index (χ0v) is 5.57. The minimum absolute atomic E-state index is 1.47. The molecule has 0 heterocycles. The van der Waals surface area contributed by atoms with E-state index < -0.39 is 0 Å². The molecule has 0 saturated heterocycles. The first kappa shape index (κ1) is 9.91. The Labute approximate surface area is 50.5 Å². The summed E-state index contributed by atoms with van der Waals surface area (Å²) < 4.78 is 0. The monoisotopic (exact) mass is 118 g/mol. The van der Waals surface area contributed by atoms with Gasteiger partial charge in [0.2, 0.25) is 0 Å². The molecule has 0 radical (unpaired) electrons. The molecule has 0 aromatic rings. The van der Waals surface area contributed by atoms with Crippen molar-refractivity contribution in [3.63, 3.8) is 0 Å². The van der Waals surface area contributed by atoms with E-state index in [0.717, 1.165) is 0 Å². The summed E-state index contributed by atoms with van der Waals surface area (Å²) in [5.74, 6) is 0. The van der Waals surface area contributed by atoms with E-state index in [1.54, 1.807) is 12.2 Å². The molecule has 0 atom stereocenters. The first-order chi connectivity index (χ1) is 3.33. The number of hydrogen-bond donors (Lipinski definition) is 0. The molecule has 0 amide bonds. The van der Waals surface area contributed by atoms with Crippen LogP contribution in [0.5, 0.6) is 0 Å². The van der Waals surface area contributed by atoms with Gasteiger partial charge in [-0.15, -0.1) is 6.58 Å². The van der Waals surface area contributed by atoms with Crippen LogP contribution in [-0.2, 0) is 0 Å². The average Bonchev–Trinajstić information content (AvgIpc) is 1.69. The van der Waals surface area contributed by atoms with Gasteiger partial charge in [-0.2, -0.15) is 0 Å². The van der Waals surface area contributed by atoms with Crippen LogP contribution in [0.1, 0.15) is 13.8 Å². The standard InChI is InChI=1S/C3H5Cl.C3H6/c1-2-3-4;1-3-2/h2-3H,1H3;3H,1H2,2H3. The summed E-state index contributed by atoms with van der Waals surface area (Å²) in [6.45, 7) is 7.12. The van der Waals surface area contributed by atoms with Crippen molar-refractivity contribution < 1.29 is 0 Å². The van der Waals surface area contributed by atoms with E-state index in [2.05, 4.69) is 6.58 Å². The predicted molar refractivity (Wildman–Crippen MR) is 36.5 cm³/mol. The third kappa shape index (κ3) is 138. The first-order valence-electron chi connectivity index (χ1n) is 2.11. The number of halogens is 1. The maximum absolute atomic E-state index is 5.01. The van der Waals surface area contributed by atoms with Crippen molar-refractivity contribution in [3.05, 3.63) is 24.3 Å². The van der Waals surface area contributed by atoms with Crippen molar-refractivity contribution in [2.75, 3.05) is 0 Å². The second-order valence-electron chi connectivity index (χ2n) is 0.868. The van der Waals surface area contributed by atoms with Crippen LogP contribution < -0.4 is 0 Å². The van der Waals surface area contributed by atoms with Crippen molar-refractivity contribution in [1.82, 2.24) is 0 Å². The lowest BCUT2D eigenvalue weighted by atomic mass is 10.8. The molecular weight excluding hydrogens is 108 g/mol. The lowest BCUT2D eigenvalue weighted by Crippen LogP contribution is -1.20. The SMILES string of the molecule is C=CC.CC=CCl. The molecule has 7 heavy (non-hydrogen) atoms. The fourth-order valence-corrected chi connectivity index (χ4v) is 0. The molecule has 0 aromatic heterocycles. The highest BCUT2D eigenvalue weighted by molar-refractivity contribution is 6.25. The lowest BCUT2D eigenvalue weighted by molar-refractivity contribution is 1.78. The molecule has 0 aromatic carbocycles. The maximum Gasteiger partial charge on any atom is -0.0000330 e. The van der Waals surface area contributed by atoms with Crippen molar-refractivity contribution in [2.24, 2.45) is 0 Å². The minimum Gasteiger partial charge on any atom is -0.103 e. The third-order valence-corrected chi connectivity index (χ3v) is 0.378. The van der Waals surface area contributed by atoms with Gasteiger partial charge >= 0.3 is 0 Å². The molecule has 1 heteroatoms. The molecule has 42 valence electrons. The van der Waals surface area contributed by atoms with Crippen molar-refractivity contribution in [1.29, 1.82) is 0 Å². The molecule has 0 bridgehead atoms. The predicted octanol–water partition coefficient (Wildman–Crippen LogP) is 2.95. The summed E-state index contributed by atoms with van der Waals surface area (Å²) in [5, 5.41) is 0. The van der Waals surface area contributed by atoms with Crippen molar-refractivity contribution in [3.8, 4) is 0 Å². The van der Waals surface area contributed by atoms with Gasteiger partial charge in [0.05, 0.1) is 0 Å². The largest absolute Gasteiger partial charge is 0.103 e.